The lowest BCUT2D eigenvalue weighted by Gasteiger charge is -2.18. The Bertz CT molecular complexity index is 715. The van der Waals surface area contributed by atoms with Crippen LogP contribution in [0.15, 0.2) is 23.1 Å². The number of nitro groups is 1. The van der Waals surface area contributed by atoms with Gasteiger partial charge in [-0.2, -0.15) is 4.31 Å². The maximum Gasteiger partial charge on any atom is 0.270 e. The highest BCUT2D eigenvalue weighted by atomic mass is 32.2. The zero-order valence-electron chi connectivity index (χ0n) is 15.3. The van der Waals surface area contributed by atoms with Gasteiger partial charge in [0.25, 0.3) is 5.69 Å². The highest BCUT2D eigenvalue weighted by Gasteiger charge is 2.30. The van der Waals surface area contributed by atoms with Crippen LogP contribution in [0.5, 0.6) is 0 Å². The Kier molecular flexibility index (Phi) is 7.36. The molecule has 1 aromatic carbocycles. The lowest BCUT2D eigenvalue weighted by atomic mass is 10.2. The SMILES string of the molecule is CC(C)COCCCNc1ccc([N+](=O)[O-])cc1S(=O)(=O)N1CCCC1. The van der Waals surface area contributed by atoms with Crippen LogP contribution in [0.3, 0.4) is 0 Å². The highest BCUT2D eigenvalue weighted by molar-refractivity contribution is 7.89. The predicted octanol–water partition coefficient (Wildman–Crippen LogP) is 2.85. The van der Waals surface area contributed by atoms with Crippen molar-refractivity contribution >= 4 is 21.4 Å². The highest BCUT2D eigenvalue weighted by Crippen LogP contribution is 2.30. The van der Waals surface area contributed by atoms with E-state index in [1.54, 1.807) is 0 Å². The molecule has 1 aliphatic rings. The Balaban J connectivity index is 2.11. The summed E-state index contributed by atoms with van der Waals surface area (Å²) in [6.45, 7) is 6.84. The molecule has 0 amide bonds. The minimum absolute atomic E-state index is 0.0308. The molecule has 9 heteroatoms. The number of nitrogens with one attached hydrogen (secondary N) is 1. The Morgan fingerprint density at radius 1 is 1.31 bits per heavy atom. The van der Waals surface area contributed by atoms with E-state index in [2.05, 4.69) is 19.2 Å². The minimum Gasteiger partial charge on any atom is -0.384 e. The van der Waals surface area contributed by atoms with E-state index in [1.807, 2.05) is 0 Å². The molecule has 0 aliphatic carbocycles. The van der Waals surface area contributed by atoms with Crippen molar-refractivity contribution in [2.24, 2.45) is 5.92 Å². The van der Waals surface area contributed by atoms with Crippen LogP contribution >= 0.6 is 0 Å². The van der Waals surface area contributed by atoms with Crippen LogP contribution in [-0.4, -0.2) is 50.5 Å². The largest absolute Gasteiger partial charge is 0.384 e. The van der Waals surface area contributed by atoms with Gasteiger partial charge < -0.3 is 10.1 Å². The number of rotatable bonds is 10. The fourth-order valence-corrected chi connectivity index (χ4v) is 4.47. The molecule has 1 N–H and O–H groups in total. The number of sulfonamides is 1. The predicted molar refractivity (Wildman–Crippen MR) is 99.9 cm³/mol. The second-order valence-electron chi connectivity index (χ2n) is 6.80. The van der Waals surface area contributed by atoms with Crippen molar-refractivity contribution in [1.29, 1.82) is 0 Å². The molecule has 8 nitrogen and oxygen atoms in total. The molecule has 1 aliphatic heterocycles. The molecule has 1 saturated heterocycles. The second kappa shape index (κ2) is 9.29. The second-order valence-corrected chi connectivity index (χ2v) is 8.70. The van der Waals surface area contributed by atoms with E-state index in [-0.39, 0.29) is 10.6 Å². The minimum atomic E-state index is -3.75. The van der Waals surface area contributed by atoms with Gasteiger partial charge in [-0.15, -0.1) is 0 Å². The standard InChI is InChI=1S/C17H27N3O5S/c1-14(2)13-25-11-5-8-18-16-7-6-15(20(21)22)12-17(16)26(23,24)19-9-3-4-10-19/h6-7,12,14,18H,3-5,8-11,13H2,1-2H3. The van der Waals surface area contributed by atoms with E-state index in [0.29, 0.717) is 50.9 Å². The zero-order valence-corrected chi connectivity index (χ0v) is 16.1. The number of nitrogens with zero attached hydrogens (tertiary/aromatic N) is 2. The topological polar surface area (TPSA) is 102 Å². The summed E-state index contributed by atoms with van der Waals surface area (Å²) in [6.07, 6.45) is 2.33. The van der Waals surface area contributed by atoms with Crippen LogP contribution in [0.4, 0.5) is 11.4 Å². The molecule has 0 aromatic heterocycles. The number of hydrogen-bond acceptors (Lipinski definition) is 6. The van der Waals surface area contributed by atoms with Gasteiger partial charge in [0, 0.05) is 45.0 Å². The summed E-state index contributed by atoms with van der Waals surface area (Å²) in [5.74, 6) is 0.467. The Morgan fingerprint density at radius 2 is 2.00 bits per heavy atom. The third-order valence-electron chi connectivity index (χ3n) is 4.09. The summed E-state index contributed by atoms with van der Waals surface area (Å²) >= 11 is 0. The number of anilines is 1. The fraction of sp³-hybridized carbons (Fsp3) is 0.647. The van der Waals surface area contributed by atoms with Crippen molar-refractivity contribution in [3.63, 3.8) is 0 Å². The van der Waals surface area contributed by atoms with Crippen LogP contribution < -0.4 is 5.32 Å². The molecule has 0 atom stereocenters. The van der Waals surface area contributed by atoms with E-state index in [9.17, 15) is 18.5 Å². The summed E-state index contributed by atoms with van der Waals surface area (Å²) in [6, 6.07) is 3.93. The van der Waals surface area contributed by atoms with Gasteiger partial charge >= 0.3 is 0 Å². The van der Waals surface area contributed by atoms with Gasteiger partial charge in [-0.3, -0.25) is 10.1 Å². The molecular formula is C17H27N3O5S. The molecule has 26 heavy (non-hydrogen) atoms. The first-order valence-electron chi connectivity index (χ1n) is 8.92. The van der Waals surface area contributed by atoms with Crippen molar-refractivity contribution in [3.8, 4) is 0 Å². The number of benzene rings is 1. The van der Waals surface area contributed by atoms with Crippen LogP contribution in [0.25, 0.3) is 0 Å². The fourth-order valence-electron chi connectivity index (χ4n) is 2.77. The first kappa shape index (κ1) is 20.6. The molecule has 1 fully saturated rings. The van der Waals surface area contributed by atoms with Gasteiger partial charge in [0.1, 0.15) is 4.90 Å². The van der Waals surface area contributed by atoms with Gasteiger partial charge in [-0.1, -0.05) is 13.8 Å². The van der Waals surface area contributed by atoms with Crippen LogP contribution in [0, 0.1) is 16.0 Å². The maximum absolute atomic E-state index is 12.9. The lowest BCUT2D eigenvalue weighted by Crippen LogP contribution is -2.28. The average molecular weight is 385 g/mol. The Hall–Kier alpha value is -1.71. The molecule has 1 heterocycles. The summed E-state index contributed by atoms with van der Waals surface area (Å²) in [5.41, 5.74) is 0.167. The molecular weight excluding hydrogens is 358 g/mol. The van der Waals surface area contributed by atoms with E-state index in [0.717, 1.165) is 18.9 Å². The van der Waals surface area contributed by atoms with Crippen LogP contribution in [0.2, 0.25) is 0 Å². The smallest absolute Gasteiger partial charge is 0.270 e. The molecule has 146 valence electrons. The van der Waals surface area contributed by atoms with Crippen LogP contribution in [0.1, 0.15) is 33.1 Å². The van der Waals surface area contributed by atoms with Crippen molar-refractivity contribution in [2.45, 2.75) is 38.0 Å². The normalized spacial score (nSPS) is 15.5. The summed E-state index contributed by atoms with van der Waals surface area (Å²) in [5, 5.41) is 14.1. The third kappa shape index (κ3) is 5.39. The lowest BCUT2D eigenvalue weighted by molar-refractivity contribution is -0.385. The summed E-state index contributed by atoms with van der Waals surface area (Å²) in [7, 11) is -3.75. The average Bonchev–Trinajstić information content (AvgIpc) is 3.13. The number of non-ortho nitro benzene ring substituents is 1. The van der Waals surface area contributed by atoms with Crippen molar-refractivity contribution < 1.29 is 18.1 Å². The van der Waals surface area contributed by atoms with Crippen molar-refractivity contribution in [3.05, 3.63) is 28.3 Å². The van der Waals surface area contributed by atoms with Gasteiger partial charge in [0.05, 0.1) is 10.6 Å². The van der Waals surface area contributed by atoms with Crippen LogP contribution in [-0.2, 0) is 14.8 Å². The maximum atomic E-state index is 12.9. The number of nitro benzene ring substituents is 1. The molecule has 0 radical (unpaired) electrons. The van der Waals surface area contributed by atoms with E-state index in [1.165, 1.54) is 16.4 Å². The summed E-state index contributed by atoms with van der Waals surface area (Å²) < 4.78 is 32.7. The first-order valence-corrected chi connectivity index (χ1v) is 10.4. The molecule has 0 bridgehead atoms. The molecule has 0 unspecified atom stereocenters. The molecule has 1 aromatic rings. The van der Waals surface area contributed by atoms with E-state index < -0.39 is 14.9 Å². The van der Waals surface area contributed by atoms with E-state index in [4.69, 9.17) is 4.74 Å². The van der Waals surface area contributed by atoms with Crippen molar-refractivity contribution in [2.75, 3.05) is 38.2 Å². The quantitative estimate of drug-likeness (QED) is 0.377. The molecule has 0 spiro atoms. The van der Waals surface area contributed by atoms with Crippen molar-refractivity contribution in [1.82, 2.24) is 4.31 Å². The van der Waals surface area contributed by atoms with Gasteiger partial charge in [0.15, 0.2) is 0 Å². The molecule has 2 rings (SSSR count). The number of hydrogen-bond donors (Lipinski definition) is 1. The Morgan fingerprint density at radius 3 is 2.62 bits per heavy atom. The Labute approximate surface area is 154 Å². The zero-order chi connectivity index (χ0) is 19.2. The first-order chi connectivity index (χ1) is 12.3. The monoisotopic (exact) mass is 385 g/mol. The third-order valence-corrected chi connectivity index (χ3v) is 6.03. The number of ether oxygens (including phenoxy) is 1. The molecule has 0 saturated carbocycles. The van der Waals surface area contributed by atoms with Gasteiger partial charge in [-0.25, -0.2) is 8.42 Å². The van der Waals surface area contributed by atoms with Gasteiger partial charge in [0.2, 0.25) is 10.0 Å². The van der Waals surface area contributed by atoms with E-state index >= 15 is 0 Å². The summed E-state index contributed by atoms with van der Waals surface area (Å²) in [4.78, 5) is 10.5. The van der Waals surface area contributed by atoms with Gasteiger partial charge in [-0.05, 0) is 31.2 Å².